The van der Waals surface area contributed by atoms with Gasteiger partial charge in [0.25, 0.3) is 0 Å². The van der Waals surface area contributed by atoms with E-state index in [1.54, 1.807) is 0 Å². The summed E-state index contributed by atoms with van der Waals surface area (Å²) in [6.45, 7) is 1.72. The van der Waals surface area contributed by atoms with Gasteiger partial charge in [0.1, 0.15) is 0 Å². The number of aldehydes is 1. The summed E-state index contributed by atoms with van der Waals surface area (Å²) in [6.07, 6.45) is 4.06. The first-order chi connectivity index (χ1) is 7.79. The fourth-order valence-electron chi connectivity index (χ4n) is 2.14. The molecule has 0 bridgehead atoms. The first-order valence-electron chi connectivity index (χ1n) is 5.71. The number of anilines is 1. The van der Waals surface area contributed by atoms with E-state index in [1.807, 2.05) is 18.2 Å². The number of rotatable bonds is 3. The smallest absolute Gasteiger partial charge is 0.152 e. The van der Waals surface area contributed by atoms with Crippen LogP contribution in [0.25, 0.3) is 0 Å². The van der Waals surface area contributed by atoms with Gasteiger partial charge in [0.05, 0.1) is 0 Å². The summed E-state index contributed by atoms with van der Waals surface area (Å²) < 4.78 is 5.33. The molecule has 1 fully saturated rings. The third-order valence-electron chi connectivity index (χ3n) is 3.14. The van der Waals surface area contributed by atoms with Crippen LogP contribution in [-0.2, 0) is 11.2 Å². The van der Waals surface area contributed by atoms with Crippen LogP contribution in [0.3, 0.4) is 0 Å². The van der Waals surface area contributed by atoms with E-state index in [4.69, 9.17) is 10.5 Å². The molecule has 0 amide bonds. The van der Waals surface area contributed by atoms with Crippen LogP contribution in [0.5, 0.6) is 0 Å². The molecule has 0 spiro atoms. The Labute approximate surface area is 95.6 Å². The third-order valence-corrected chi connectivity index (χ3v) is 3.14. The minimum absolute atomic E-state index is 0.561. The van der Waals surface area contributed by atoms with Crippen LogP contribution in [0.15, 0.2) is 18.2 Å². The number of ether oxygens (including phenoxy) is 1. The highest BCUT2D eigenvalue weighted by molar-refractivity contribution is 5.83. The Bertz CT molecular complexity index is 370. The molecule has 16 heavy (non-hydrogen) atoms. The zero-order valence-electron chi connectivity index (χ0n) is 9.32. The van der Waals surface area contributed by atoms with Crippen LogP contribution in [0.4, 0.5) is 5.69 Å². The van der Waals surface area contributed by atoms with Crippen LogP contribution in [-0.4, -0.2) is 19.5 Å². The van der Waals surface area contributed by atoms with E-state index < -0.39 is 0 Å². The van der Waals surface area contributed by atoms with Crippen molar-refractivity contribution in [2.75, 3.05) is 18.9 Å². The molecule has 2 rings (SSSR count). The summed E-state index contributed by atoms with van der Waals surface area (Å²) in [5.41, 5.74) is 8.04. The molecular formula is C13H17NO2. The van der Waals surface area contributed by atoms with Crippen LogP contribution in [0, 0.1) is 5.92 Å². The monoisotopic (exact) mass is 219 g/mol. The number of hydrogen-bond donors (Lipinski definition) is 1. The average molecular weight is 219 g/mol. The molecule has 1 aliphatic heterocycles. The lowest BCUT2D eigenvalue weighted by Gasteiger charge is -2.22. The van der Waals surface area contributed by atoms with Gasteiger partial charge in [-0.1, -0.05) is 6.07 Å². The summed E-state index contributed by atoms with van der Waals surface area (Å²) in [6, 6.07) is 5.73. The Morgan fingerprint density at radius 1 is 1.38 bits per heavy atom. The molecule has 1 aromatic carbocycles. The molecule has 1 heterocycles. The van der Waals surface area contributed by atoms with E-state index in [0.717, 1.165) is 38.8 Å². The van der Waals surface area contributed by atoms with E-state index >= 15 is 0 Å². The fraction of sp³-hybridized carbons (Fsp3) is 0.462. The second-order valence-electron chi connectivity index (χ2n) is 4.34. The molecule has 1 saturated heterocycles. The van der Waals surface area contributed by atoms with Gasteiger partial charge in [-0.2, -0.15) is 0 Å². The summed E-state index contributed by atoms with van der Waals surface area (Å²) in [5.74, 6) is 0.678. The number of nitrogens with two attached hydrogens (primary N) is 1. The Hall–Kier alpha value is -1.35. The van der Waals surface area contributed by atoms with Crippen molar-refractivity contribution < 1.29 is 9.53 Å². The van der Waals surface area contributed by atoms with E-state index in [-0.39, 0.29) is 0 Å². The summed E-state index contributed by atoms with van der Waals surface area (Å²) in [7, 11) is 0. The normalized spacial score (nSPS) is 17.2. The van der Waals surface area contributed by atoms with Crippen molar-refractivity contribution in [2.45, 2.75) is 19.3 Å². The molecule has 0 aliphatic carbocycles. The van der Waals surface area contributed by atoms with Gasteiger partial charge < -0.3 is 10.5 Å². The second-order valence-corrected chi connectivity index (χ2v) is 4.34. The van der Waals surface area contributed by atoms with Crippen molar-refractivity contribution in [3.8, 4) is 0 Å². The van der Waals surface area contributed by atoms with Gasteiger partial charge in [-0.15, -0.1) is 0 Å². The van der Waals surface area contributed by atoms with Crippen LogP contribution >= 0.6 is 0 Å². The first kappa shape index (κ1) is 11.1. The van der Waals surface area contributed by atoms with Crippen molar-refractivity contribution in [3.05, 3.63) is 29.3 Å². The van der Waals surface area contributed by atoms with Gasteiger partial charge in [0.15, 0.2) is 6.29 Å². The lowest BCUT2D eigenvalue weighted by Crippen LogP contribution is -2.17. The highest BCUT2D eigenvalue weighted by Gasteiger charge is 2.14. The lowest BCUT2D eigenvalue weighted by atomic mass is 9.92. The molecule has 0 unspecified atom stereocenters. The number of carbonyl (C=O) groups is 1. The Morgan fingerprint density at radius 2 is 2.12 bits per heavy atom. The standard InChI is InChI=1S/C13H17NO2/c14-13-2-1-11(8-12(13)9-15)7-10-3-5-16-6-4-10/h1-2,8-10H,3-7,14H2. The number of nitrogen functional groups attached to an aromatic ring is 1. The number of benzene rings is 1. The molecule has 0 saturated carbocycles. The maximum Gasteiger partial charge on any atom is 0.152 e. The molecule has 0 radical (unpaired) electrons. The molecule has 1 aromatic rings. The molecule has 1 aliphatic rings. The van der Waals surface area contributed by atoms with Gasteiger partial charge in [0, 0.05) is 24.5 Å². The molecular weight excluding hydrogens is 202 g/mol. The van der Waals surface area contributed by atoms with E-state index in [2.05, 4.69) is 0 Å². The predicted molar refractivity (Wildman–Crippen MR) is 63.5 cm³/mol. The number of hydrogen-bond acceptors (Lipinski definition) is 3. The van der Waals surface area contributed by atoms with Crippen LogP contribution < -0.4 is 5.73 Å². The first-order valence-corrected chi connectivity index (χ1v) is 5.71. The van der Waals surface area contributed by atoms with Gasteiger partial charge in [-0.3, -0.25) is 4.79 Å². The SMILES string of the molecule is Nc1ccc(CC2CCOCC2)cc1C=O. The predicted octanol–water partition coefficient (Wildman–Crippen LogP) is 2.05. The molecule has 0 atom stereocenters. The van der Waals surface area contributed by atoms with Gasteiger partial charge >= 0.3 is 0 Å². The largest absolute Gasteiger partial charge is 0.398 e. The van der Waals surface area contributed by atoms with Crippen molar-refractivity contribution in [3.63, 3.8) is 0 Å². The van der Waals surface area contributed by atoms with Crippen molar-refractivity contribution in [1.29, 1.82) is 0 Å². The zero-order chi connectivity index (χ0) is 11.4. The molecule has 3 nitrogen and oxygen atoms in total. The Kier molecular flexibility index (Phi) is 3.57. The maximum absolute atomic E-state index is 10.8. The van der Waals surface area contributed by atoms with Crippen molar-refractivity contribution >= 4 is 12.0 Å². The quantitative estimate of drug-likeness (QED) is 0.625. The minimum Gasteiger partial charge on any atom is -0.398 e. The zero-order valence-corrected chi connectivity index (χ0v) is 9.32. The van der Waals surface area contributed by atoms with Crippen LogP contribution in [0.1, 0.15) is 28.8 Å². The topological polar surface area (TPSA) is 52.3 Å². The highest BCUT2D eigenvalue weighted by atomic mass is 16.5. The van der Waals surface area contributed by atoms with Gasteiger partial charge in [0.2, 0.25) is 0 Å². The van der Waals surface area contributed by atoms with E-state index in [1.165, 1.54) is 5.56 Å². The molecule has 2 N–H and O–H groups in total. The maximum atomic E-state index is 10.8. The Morgan fingerprint density at radius 3 is 2.81 bits per heavy atom. The Balaban J connectivity index is 2.05. The second kappa shape index (κ2) is 5.12. The minimum atomic E-state index is 0.561. The molecule has 86 valence electrons. The summed E-state index contributed by atoms with van der Waals surface area (Å²) in [4.78, 5) is 10.8. The third kappa shape index (κ3) is 2.61. The van der Waals surface area contributed by atoms with E-state index in [0.29, 0.717) is 17.2 Å². The highest BCUT2D eigenvalue weighted by Crippen LogP contribution is 2.21. The van der Waals surface area contributed by atoms with E-state index in [9.17, 15) is 4.79 Å². The van der Waals surface area contributed by atoms with Gasteiger partial charge in [-0.25, -0.2) is 0 Å². The number of carbonyl (C=O) groups excluding carboxylic acids is 1. The lowest BCUT2D eigenvalue weighted by molar-refractivity contribution is 0.0665. The van der Waals surface area contributed by atoms with Crippen molar-refractivity contribution in [2.24, 2.45) is 5.92 Å². The average Bonchev–Trinajstić information content (AvgIpc) is 2.33. The summed E-state index contributed by atoms with van der Waals surface area (Å²) >= 11 is 0. The van der Waals surface area contributed by atoms with Crippen LogP contribution in [0.2, 0.25) is 0 Å². The summed E-state index contributed by atoms with van der Waals surface area (Å²) in [5, 5.41) is 0. The molecule has 0 aromatic heterocycles. The van der Waals surface area contributed by atoms with Gasteiger partial charge in [-0.05, 0) is 42.9 Å². The fourth-order valence-corrected chi connectivity index (χ4v) is 2.14. The van der Waals surface area contributed by atoms with Crippen molar-refractivity contribution in [1.82, 2.24) is 0 Å². The molecule has 3 heteroatoms.